The third-order valence-electron chi connectivity index (χ3n) is 3.15. The van der Waals surface area contributed by atoms with Crippen molar-refractivity contribution in [3.05, 3.63) is 63.6 Å². The average Bonchev–Trinajstić information content (AvgIpc) is 2.38. The Labute approximate surface area is 129 Å². The van der Waals surface area contributed by atoms with Crippen LogP contribution < -0.4 is 5.32 Å². The van der Waals surface area contributed by atoms with E-state index in [0.717, 1.165) is 17.0 Å². The maximum Gasteiger partial charge on any atom is 0.121 e. The Balaban J connectivity index is 1.94. The summed E-state index contributed by atoms with van der Waals surface area (Å²) >= 11 is 12.0. The third kappa shape index (κ3) is 4.14. The fraction of sp³-hybridized carbons (Fsp3) is 0.250. The van der Waals surface area contributed by atoms with E-state index in [4.69, 9.17) is 23.2 Å². The number of phenolic OH excluding ortho intramolecular Hbond substituents is 1. The van der Waals surface area contributed by atoms with Crippen LogP contribution in [-0.4, -0.2) is 11.1 Å². The molecule has 2 nitrogen and oxygen atoms in total. The van der Waals surface area contributed by atoms with Crippen LogP contribution in [0.2, 0.25) is 10.0 Å². The number of aromatic hydroxyl groups is 1. The Morgan fingerprint density at radius 1 is 1.15 bits per heavy atom. The van der Waals surface area contributed by atoms with Crippen molar-refractivity contribution in [2.75, 3.05) is 0 Å². The number of rotatable bonds is 5. The van der Waals surface area contributed by atoms with Gasteiger partial charge in [0.1, 0.15) is 5.75 Å². The highest BCUT2D eigenvalue weighted by Crippen LogP contribution is 2.25. The van der Waals surface area contributed by atoms with Gasteiger partial charge in [0.15, 0.2) is 0 Å². The minimum atomic E-state index is 0.222. The molecule has 0 amide bonds. The summed E-state index contributed by atoms with van der Waals surface area (Å²) in [5.41, 5.74) is 1.91. The molecule has 2 rings (SSSR count). The van der Waals surface area contributed by atoms with E-state index in [1.54, 1.807) is 18.2 Å². The van der Waals surface area contributed by atoms with Gasteiger partial charge in [-0.2, -0.15) is 0 Å². The predicted octanol–water partition coefficient (Wildman–Crippen LogP) is 4.42. The normalized spacial score (nSPS) is 12.3. The van der Waals surface area contributed by atoms with Crippen LogP contribution in [0.25, 0.3) is 0 Å². The molecule has 1 atom stereocenters. The number of benzene rings is 2. The van der Waals surface area contributed by atoms with Crippen molar-refractivity contribution in [3.8, 4) is 5.75 Å². The first kappa shape index (κ1) is 15.2. The Morgan fingerprint density at radius 2 is 1.90 bits per heavy atom. The van der Waals surface area contributed by atoms with Gasteiger partial charge < -0.3 is 10.4 Å². The Bertz CT molecular complexity index is 566. The lowest BCUT2D eigenvalue weighted by Gasteiger charge is -2.15. The van der Waals surface area contributed by atoms with Crippen molar-refractivity contribution in [2.24, 2.45) is 0 Å². The molecule has 0 aliphatic rings. The molecule has 0 aromatic heterocycles. The molecule has 106 valence electrons. The molecular weight excluding hydrogens is 293 g/mol. The van der Waals surface area contributed by atoms with Gasteiger partial charge >= 0.3 is 0 Å². The van der Waals surface area contributed by atoms with Gasteiger partial charge in [-0.3, -0.25) is 0 Å². The molecule has 2 N–H and O–H groups in total. The number of phenols is 1. The highest BCUT2D eigenvalue weighted by molar-refractivity contribution is 6.31. The molecule has 0 saturated heterocycles. The number of halogens is 2. The van der Waals surface area contributed by atoms with Crippen LogP contribution in [0.3, 0.4) is 0 Å². The van der Waals surface area contributed by atoms with E-state index in [-0.39, 0.29) is 11.8 Å². The second kappa shape index (κ2) is 6.98. The van der Waals surface area contributed by atoms with E-state index in [0.29, 0.717) is 11.6 Å². The van der Waals surface area contributed by atoms with Crippen molar-refractivity contribution in [1.29, 1.82) is 0 Å². The van der Waals surface area contributed by atoms with Gasteiger partial charge in [-0.15, -0.1) is 0 Å². The fourth-order valence-corrected chi connectivity index (χ4v) is 2.54. The van der Waals surface area contributed by atoms with Gasteiger partial charge in [-0.25, -0.2) is 0 Å². The van der Waals surface area contributed by atoms with E-state index >= 15 is 0 Å². The van der Waals surface area contributed by atoms with Crippen LogP contribution in [0.5, 0.6) is 5.75 Å². The minimum absolute atomic E-state index is 0.222. The maximum atomic E-state index is 9.79. The molecule has 0 fully saturated rings. The second-order valence-corrected chi connectivity index (χ2v) is 5.70. The number of nitrogens with one attached hydrogen (secondary N) is 1. The van der Waals surface area contributed by atoms with Crippen LogP contribution >= 0.6 is 23.2 Å². The summed E-state index contributed by atoms with van der Waals surface area (Å²) in [5.74, 6) is 0.222. The van der Waals surface area contributed by atoms with E-state index in [1.807, 2.05) is 18.2 Å². The highest BCUT2D eigenvalue weighted by atomic mass is 35.5. The van der Waals surface area contributed by atoms with Gasteiger partial charge in [-0.05, 0) is 43.2 Å². The zero-order valence-corrected chi connectivity index (χ0v) is 12.7. The molecule has 20 heavy (non-hydrogen) atoms. The summed E-state index contributed by atoms with van der Waals surface area (Å²) in [5, 5.41) is 14.5. The number of hydrogen-bond donors (Lipinski definition) is 2. The topological polar surface area (TPSA) is 32.3 Å². The third-order valence-corrected chi connectivity index (χ3v) is 3.74. The first-order valence-electron chi connectivity index (χ1n) is 6.50. The Morgan fingerprint density at radius 3 is 2.60 bits per heavy atom. The SMILES string of the molecule is CC(Cc1cccc(Cl)c1)NCc1c(O)cccc1Cl. The lowest BCUT2D eigenvalue weighted by Crippen LogP contribution is -2.27. The highest BCUT2D eigenvalue weighted by Gasteiger charge is 2.08. The summed E-state index contributed by atoms with van der Waals surface area (Å²) in [6.07, 6.45) is 0.867. The Kier molecular flexibility index (Phi) is 5.30. The summed E-state index contributed by atoms with van der Waals surface area (Å²) in [7, 11) is 0. The molecule has 2 aromatic rings. The van der Waals surface area contributed by atoms with Crippen molar-refractivity contribution >= 4 is 23.2 Å². The molecule has 0 radical (unpaired) electrons. The monoisotopic (exact) mass is 309 g/mol. The summed E-state index contributed by atoms with van der Waals surface area (Å²) in [4.78, 5) is 0. The molecule has 0 aliphatic carbocycles. The van der Waals surface area contributed by atoms with E-state index in [9.17, 15) is 5.11 Å². The van der Waals surface area contributed by atoms with Crippen molar-refractivity contribution in [2.45, 2.75) is 25.9 Å². The van der Waals surface area contributed by atoms with Crippen LogP contribution in [0.1, 0.15) is 18.1 Å². The average molecular weight is 310 g/mol. The first-order valence-corrected chi connectivity index (χ1v) is 7.26. The largest absolute Gasteiger partial charge is 0.508 e. The minimum Gasteiger partial charge on any atom is -0.508 e. The predicted molar refractivity (Wildman–Crippen MR) is 84.6 cm³/mol. The molecule has 4 heteroatoms. The molecule has 0 heterocycles. The molecular formula is C16H17Cl2NO. The lowest BCUT2D eigenvalue weighted by atomic mass is 10.1. The Hall–Kier alpha value is -1.22. The van der Waals surface area contributed by atoms with E-state index in [1.165, 1.54) is 5.56 Å². The molecule has 0 saturated carbocycles. The van der Waals surface area contributed by atoms with Gasteiger partial charge in [0.25, 0.3) is 0 Å². The van der Waals surface area contributed by atoms with Crippen LogP contribution in [0.4, 0.5) is 0 Å². The molecule has 0 bridgehead atoms. The quantitative estimate of drug-likeness (QED) is 0.857. The molecule has 2 aromatic carbocycles. The molecule has 0 spiro atoms. The number of hydrogen-bond acceptors (Lipinski definition) is 2. The summed E-state index contributed by atoms with van der Waals surface area (Å²) < 4.78 is 0. The van der Waals surface area contributed by atoms with Crippen molar-refractivity contribution in [1.82, 2.24) is 5.32 Å². The van der Waals surface area contributed by atoms with Gasteiger partial charge in [0.05, 0.1) is 0 Å². The van der Waals surface area contributed by atoms with Gasteiger partial charge in [0, 0.05) is 28.2 Å². The van der Waals surface area contributed by atoms with Crippen LogP contribution in [0, 0.1) is 0 Å². The maximum absolute atomic E-state index is 9.79. The van der Waals surface area contributed by atoms with E-state index in [2.05, 4.69) is 18.3 Å². The van der Waals surface area contributed by atoms with Gasteiger partial charge in [0.2, 0.25) is 0 Å². The second-order valence-electron chi connectivity index (χ2n) is 4.85. The fourth-order valence-electron chi connectivity index (χ4n) is 2.09. The zero-order valence-electron chi connectivity index (χ0n) is 11.2. The van der Waals surface area contributed by atoms with Crippen molar-refractivity contribution in [3.63, 3.8) is 0 Å². The summed E-state index contributed by atoms with van der Waals surface area (Å²) in [6, 6.07) is 13.2. The van der Waals surface area contributed by atoms with E-state index < -0.39 is 0 Å². The lowest BCUT2D eigenvalue weighted by molar-refractivity contribution is 0.458. The standard InChI is InChI=1S/C16H17Cl2NO/c1-11(8-12-4-2-5-13(17)9-12)19-10-14-15(18)6-3-7-16(14)20/h2-7,9,11,19-20H,8,10H2,1H3. The smallest absolute Gasteiger partial charge is 0.121 e. The van der Waals surface area contributed by atoms with Crippen molar-refractivity contribution < 1.29 is 5.11 Å². The molecule has 1 unspecified atom stereocenters. The zero-order chi connectivity index (χ0) is 14.5. The van der Waals surface area contributed by atoms with Crippen LogP contribution in [-0.2, 0) is 13.0 Å². The van der Waals surface area contributed by atoms with Gasteiger partial charge in [-0.1, -0.05) is 41.4 Å². The van der Waals surface area contributed by atoms with Crippen LogP contribution in [0.15, 0.2) is 42.5 Å². The molecule has 0 aliphatic heterocycles. The summed E-state index contributed by atoms with van der Waals surface area (Å²) in [6.45, 7) is 2.63. The first-order chi connectivity index (χ1) is 9.56.